The molecule has 54 heavy (non-hydrogen) atoms. The van der Waals surface area contributed by atoms with Crippen molar-refractivity contribution in [3.63, 3.8) is 0 Å². The minimum absolute atomic E-state index is 0. The summed E-state index contributed by atoms with van der Waals surface area (Å²) in [6, 6.07) is 61.7. The quantitative estimate of drug-likeness (QED) is 0.157. The zero-order valence-electron chi connectivity index (χ0n) is 29.0. The Kier molecular flexibility index (Phi) is 8.69. The first-order valence-corrected chi connectivity index (χ1v) is 17.8. The van der Waals surface area contributed by atoms with Crippen molar-refractivity contribution < 1.29 is 35.2 Å². The summed E-state index contributed by atoms with van der Waals surface area (Å²) in [5.41, 5.74) is 11.0. The molecule has 1 aliphatic heterocycles. The maximum Gasteiger partial charge on any atom is 2.00 e. The number of pyridine rings is 1. The van der Waals surface area contributed by atoms with Crippen LogP contribution in [0, 0.1) is 12.4 Å². The largest absolute Gasteiger partial charge is 2.00 e. The number of imidazole rings is 2. The molecule has 256 valence electrons. The van der Waals surface area contributed by atoms with E-state index in [9.17, 15) is 5.11 Å². The Hall–Kier alpha value is -6.23. The van der Waals surface area contributed by atoms with Crippen LogP contribution in [0.1, 0.15) is 0 Å². The summed E-state index contributed by atoms with van der Waals surface area (Å²) < 4.78 is 8.68. The fourth-order valence-corrected chi connectivity index (χ4v) is 7.82. The van der Waals surface area contributed by atoms with E-state index in [-0.39, 0.29) is 40.4 Å². The molecule has 0 saturated heterocycles. The maximum absolute atomic E-state index is 11.1. The standard InChI is InChI=1S/C45H31B2N5O.Pt/c53-42-25-13-10-22-37(42)45-48-43(31-49(45)34-18-6-2-7-19-34)46-39-30-36(51-32-50(35-20-8-3-9-21-35)40-23-11-12-24-41(40)51)27-28-38(39)47(33-16-4-1-5-17-33)52-29-15-14-26-44(46)52;/h1-29,31,53H;/q;+2. The third-order valence-electron chi connectivity index (χ3n) is 10.2. The molecular formula is C45H31B2N5OPt+2. The van der Waals surface area contributed by atoms with E-state index in [0.29, 0.717) is 11.4 Å². The predicted molar refractivity (Wildman–Crippen MR) is 211 cm³/mol. The van der Waals surface area contributed by atoms with Gasteiger partial charge in [0.25, 0.3) is 6.33 Å². The van der Waals surface area contributed by atoms with Crippen LogP contribution in [-0.2, 0) is 21.1 Å². The van der Waals surface area contributed by atoms with Crippen LogP contribution in [0.25, 0.3) is 39.5 Å². The van der Waals surface area contributed by atoms with Gasteiger partial charge < -0.3 is 14.2 Å². The molecule has 6 nitrogen and oxygen atoms in total. The molecule has 4 heterocycles. The van der Waals surface area contributed by atoms with E-state index in [0.717, 1.165) is 50.2 Å². The van der Waals surface area contributed by atoms with E-state index < -0.39 is 0 Å². The van der Waals surface area contributed by atoms with Gasteiger partial charge in [-0.1, -0.05) is 109 Å². The second kappa shape index (κ2) is 14.0. The maximum atomic E-state index is 11.1. The Bertz CT molecular complexity index is 2770. The number of fused-ring (bicyclic) bond motifs is 3. The van der Waals surface area contributed by atoms with Gasteiger partial charge in [-0.05, 0) is 59.7 Å². The number of rotatable bonds is 6. The van der Waals surface area contributed by atoms with Crippen LogP contribution in [0.3, 0.4) is 0 Å². The molecule has 0 unspecified atom stereocenters. The second-order valence-corrected chi connectivity index (χ2v) is 13.3. The monoisotopic (exact) mass is 874 g/mol. The van der Waals surface area contributed by atoms with Gasteiger partial charge in [0.15, 0.2) is 0 Å². The van der Waals surface area contributed by atoms with E-state index in [1.54, 1.807) is 6.07 Å². The van der Waals surface area contributed by atoms with Crippen molar-refractivity contribution in [3.05, 3.63) is 195 Å². The number of para-hydroxylation sites is 5. The molecule has 0 amide bonds. The van der Waals surface area contributed by atoms with Gasteiger partial charge in [-0.15, -0.1) is 5.46 Å². The third-order valence-corrected chi connectivity index (χ3v) is 10.2. The number of phenols is 1. The molecule has 1 N–H and O–H groups in total. The van der Waals surface area contributed by atoms with Crippen molar-refractivity contribution in [2.75, 3.05) is 0 Å². The SMILES string of the molecule is Oc1ccccc1-c1nc(B2c3[c-]c(-n4[c-][n+](-c5ccccc5)c5ccccc54)ccc3B(c3ccccc3)[n+]3ccccc32)cn1-c1ccccc1.[Pt+2]. The van der Waals surface area contributed by atoms with Crippen LogP contribution in [-0.4, -0.2) is 32.8 Å². The van der Waals surface area contributed by atoms with E-state index in [1.165, 1.54) is 5.46 Å². The van der Waals surface area contributed by atoms with Crippen molar-refractivity contribution in [2.24, 2.45) is 0 Å². The number of aromatic hydroxyl groups is 1. The molecule has 9 heteroatoms. The smallest absolute Gasteiger partial charge is 0.507 e. The summed E-state index contributed by atoms with van der Waals surface area (Å²) >= 11 is 0. The van der Waals surface area contributed by atoms with Gasteiger partial charge in [-0.3, -0.25) is 9.05 Å². The van der Waals surface area contributed by atoms with E-state index in [4.69, 9.17) is 4.98 Å². The summed E-state index contributed by atoms with van der Waals surface area (Å²) in [7, 11) is 0. The van der Waals surface area contributed by atoms with Gasteiger partial charge in [0.05, 0.1) is 22.3 Å². The fourth-order valence-electron chi connectivity index (χ4n) is 7.82. The number of aromatic nitrogens is 5. The molecule has 1 aliphatic rings. The number of phenolic OH excluding ortho intramolecular Hbond substituents is 1. The van der Waals surface area contributed by atoms with E-state index in [1.807, 2.05) is 42.5 Å². The first-order chi connectivity index (χ1) is 26.2. The van der Waals surface area contributed by atoms with Gasteiger partial charge in [0, 0.05) is 17.5 Å². The summed E-state index contributed by atoms with van der Waals surface area (Å²) in [4.78, 5) is 5.38. The molecule has 0 atom stereocenters. The topological polar surface area (TPSA) is 50.7 Å². The summed E-state index contributed by atoms with van der Waals surface area (Å²) in [6.45, 7) is -0.346. The Morgan fingerprint density at radius 2 is 1.35 bits per heavy atom. The van der Waals surface area contributed by atoms with Crippen LogP contribution in [0.2, 0.25) is 0 Å². The molecule has 3 aromatic heterocycles. The zero-order chi connectivity index (χ0) is 35.3. The Labute approximate surface area is 328 Å². The van der Waals surface area contributed by atoms with Gasteiger partial charge in [-0.2, -0.15) is 23.7 Å². The van der Waals surface area contributed by atoms with Gasteiger partial charge in [0.2, 0.25) is 0 Å². The molecule has 0 radical (unpaired) electrons. The average molecular weight is 874 g/mol. The second-order valence-electron chi connectivity index (χ2n) is 13.3. The van der Waals surface area contributed by atoms with Crippen LogP contribution in [0.4, 0.5) is 0 Å². The first-order valence-electron chi connectivity index (χ1n) is 17.8. The normalized spacial score (nSPS) is 11.9. The zero-order valence-corrected chi connectivity index (χ0v) is 31.2. The van der Waals surface area contributed by atoms with Crippen LogP contribution in [0.5, 0.6) is 5.75 Å². The van der Waals surface area contributed by atoms with Crippen LogP contribution < -0.4 is 36.6 Å². The number of hydrogen-bond acceptors (Lipinski definition) is 2. The van der Waals surface area contributed by atoms with E-state index in [2.05, 4.69) is 164 Å². The Morgan fingerprint density at radius 1 is 0.667 bits per heavy atom. The van der Waals surface area contributed by atoms with Gasteiger partial charge in [-0.25, -0.2) is 4.98 Å². The predicted octanol–water partition coefficient (Wildman–Crippen LogP) is 3.83. The summed E-state index contributed by atoms with van der Waals surface area (Å²) in [5, 5.41) is 11.1. The first kappa shape index (κ1) is 33.6. The van der Waals surface area contributed by atoms with Crippen molar-refractivity contribution in [3.8, 4) is 34.2 Å². The molecule has 0 bridgehead atoms. The summed E-state index contributed by atoms with van der Waals surface area (Å²) in [6.07, 6.45) is 7.95. The van der Waals surface area contributed by atoms with Crippen LogP contribution >= 0.6 is 0 Å². The minimum Gasteiger partial charge on any atom is -0.507 e. The number of nitrogens with zero attached hydrogens (tertiary/aromatic N) is 5. The fraction of sp³-hybridized carbons (Fsp3) is 0. The molecule has 0 aliphatic carbocycles. The van der Waals surface area contributed by atoms with Gasteiger partial charge >= 0.3 is 34.6 Å². The molecule has 0 saturated carbocycles. The minimum atomic E-state index is -0.274. The Morgan fingerprint density at radius 3 is 2.15 bits per heavy atom. The molecule has 10 rings (SSSR count). The molecule has 6 aromatic carbocycles. The number of hydrogen-bond donors (Lipinski definition) is 1. The van der Waals surface area contributed by atoms with Gasteiger partial charge in [0.1, 0.15) is 23.4 Å². The molecule has 0 fully saturated rings. The van der Waals surface area contributed by atoms with Crippen LogP contribution in [0.15, 0.2) is 182 Å². The third kappa shape index (κ3) is 5.62. The summed E-state index contributed by atoms with van der Waals surface area (Å²) in [5.74, 6) is 0.851. The van der Waals surface area contributed by atoms with Crippen molar-refractivity contribution in [2.45, 2.75) is 0 Å². The van der Waals surface area contributed by atoms with Crippen molar-refractivity contribution in [1.29, 1.82) is 0 Å². The molecular weight excluding hydrogens is 843 g/mol. The number of benzene rings is 6. The van der Waals surface area contributed by atoms with Crippen molar-refractivity contribution in [1.82, 2.24) is 14.1 Å². The van der Waals surface area contributed by atoms with E-state index >= 15 is 0 Å². The average Bonchev–Trinajstić information content (AvgIpc) is 3.84. The molecule has 9 aromatic rings. The van der Waals surface area contributed by atoms with Crippen molar-refractivity contribution >= 4 is 52.2 Å². The molecule has 0 spiro atoms. The Balaban J connectivity index is 0.00000384.